The molecule has 0 aromatic rings. The molecule has 0 radical (unpaired) electrons. The Bertz CT molecular complexity index is 361. The molecule has 20 heavy (non-hydrogen) atoms. The van der Waals surface area contributed by atoms with Crippen LogP contribution in [0.15, 0.2) is 0 Å². The predicted octanol–water partition coefficient (Wildman–Crippen LogP) is 2.91. The van der Waals surface area contributed by atoms with Gasteiger partial charge in [-0.3, -0.25) is 4.79 Å². The molecule has 2 unspecified atom stereocenters. The van der Waals surface area contributed by atoms with Crippen molar-refractivity contribution in [2.75, 3.05) is 6.54 Å². The number of amides is 1. The Kier molecular flexibility index (Phi) is 5.06. The van der Waals surface area contributed by atoms with Gasteiger partial charge >= 0.3 is 5.97 Å². The van der Waals surface area contributed by atoms with E-state index in [0.29, 0.717) is 18.9 Å². The van der Waals surface area contributed by atoms with Crippen LogP contribution >= 0.6 is 0 Å². The number of carboxylic acid groups (broad SMARTS) is 1. The molecule has 1 heterocycles. The molecule has 1 N–H and O–H groups in total. The zero-order valence-electron chi connectivity index (χ0n) is 12.7. The van der Waals surface area contributed by atoms with E-state index in [0.717, 1.165) is 38.0 Å². The number of rotatable bonds is 3. The van der Waals surface area contributed by atoms with Crippen molar-refractivity contribution < 1.29 is 14.7 Å². The van der Waals surface area contributed by atoms with Gasteiger partial charge in [0, 0.05) is 12.5 Å². The second kappa shape index (κ2) is 6.59. The van der Waals surface area contributed by atoms with Crippen LogP contribution in [0.5, 0.6) is 0 Å². The van der Waals surface area contributed by atoms with Crippen molar-refractivity contribution in [2.45, 2.75) is 64.8 Å². The van der Waals surface area contributed by atoms with E-state index >= 15 is 0 Å². The van der Waals surface area contributed by atoms with Crippen LogP contribution in [-0.4, -0.2) is 34.5 Å². The summed E-state index contributed by atoms with van der Waals surface area (Å²) in [5.41, 5.74) is 0. The number of carboxylic acids is 1. The highest BCUT2D eigenvalue weighted by Gasteiger charge is 2.38. The number of aliphatic carboxylic acids is 1. The van der Waals surface area contributed by atoms with Crippen LogP contribution in [0.3, 0.4) is 0 Å². The summed E-state index contributed by atoms with van der Waals surface area (Å²) in [6.07, 6.45) is 6.85. The Morgan fingerprint density at radius 2 is 1.80 bits per heavy atom. The number of piperidine rings is 1. The van der Waals surface area contributed by atoms with Crippen LogP contribution in [0.2, 0.25) is 0 Å². The molecule has 2 atom stereocenters. The van der Waals surface area contributed by atoms with Crippen LogP contribution in [0.1, 0.15) is 58.8 Å². The maximum atomic E-state index is 12.6. The monoisotopic (exact) mass is 281 g/mol. The summed E-state index contributed by atoms with van der Waals surface area (Å²) in [4.78, 5) is 25.7. The van der Waals surface area contributed by atoms with E-state index in [9.17, 15) is 14.7 Å². The largest absolute Gasteiger partial charge is 0.480 e. The second-order valence-electron chi connectivity index (χ2n) is 6.64. The highest BCUT2D eigenvalue weighted by atomic mass is 16.4. The topological polar surface area (TPSA) is 57.6 Å². The lowest BCUT2D eigenvalue weighted by Crippen LogP contribution is -2.52. The SMILES string of the molecule is CCC1CCC(C(=O)N2CCC(C)CC2C(=O)O)CC1. The maximum absolute atomic E-state index is 12.6. The summed E-state index contributed by atoms with van der Waals surface area (Å²) in [5.74, 6) is 0.478. The van der Waals surface area contributed by atoms with E-state index in [4.69, 9.17) is 0 Å². The van der Waals surface area contributed by atoms with Crippen LogP contribution in [-0.2, 0) is 9.59 Å². The quantitative estimate of drug-likeness (QED) is 0.865. The smallest absolute Gasteiger partial charge is 0.326 e. The average molecular weight is 281 g/mol. The summed E-state index contributed by atoms with van der Waals surface area (Å²) >= 11 is 0. The lowest BCUT2D eigenvalue weighted by atomic mass is 9.79. The van der Waals surface area contributed by atoms with Gasteiger partial charge in [0.05, 0.1) is 0 Å². The first-order valence-corrected chi connectivity index (χ1v) is 8.06. The molecule has 1 aliphatic heterocycles. The number of carbonyl (C=O) groups is 2. The third-order valence-corrected chi connectivity index (χ3v) is 5.21. The van der Waals surface area contributed by atoms with E-state index in [2.05, 4.69) is 13.8 Å². The molecular formula is C16H27NO3. The van der Waals surface area contributed by atoms with E-state index in [1.165, 1.54) is 6.42 Å². The molecule has 1 saturated carbocycles. The van der Waals surface area contributed by atoms with Crippen LogP contribution < -0.4 is 0 Å². The first kappa shape index (κ1) is 15.3. The first-order valence-electron chi connectivity index (χ1n) is 8.06. The van der Waals surface area contributed by atoms with Gasteiger partial charge < -0.3 is 10.0 Å². The van der Waals surface area contributed by atoms with Crippen molar-refractivity contribution in [3.8, 4) is 0 Å². The lowest BCUT2D eigenvalue weighted by molar-refractivity contribution is -0.155. The normalized spacial score (nSPS) is 34.8. The fourth-order valence-corrected chi connectivity index (χ4v) is 3.69. The van der Waals surface area contributed by atoms with Crippen molar-refractivity contribution in [1.82, 2.24) is 4.90 Å². The van der Waals surface area contributed by atoms with Crippen molar-refractivity contribution in [3.63, 3.8) is 0 Å². The van der Waals surface area contributed by atoms with Gasteiger partial charge in [-0.15, -0.1) is 0 Å². The Hall–Kier alpha value is -1.06. The van der Waals surface area contributed by atoms with Crippen molar-refractivity contribution >= 4 is 11.9 Å². The molecule has 114 valence electrons. The predicted molar refractivity (Wildman–Crippen MR) is 77.3 cm³/mol. The Balaban J connectivity index is 1.98. The Morgan fingerprint density at radius 1 is 1.15 bits per heavy atom. The van der Waals surface area contributed by atoms with Crippen molar-refractivity contribution in [3.05, 3.63) is 0 Å². The summed E-state index contributed by atoms with van der Waals surface area (Å²) in [5, 5.41) is 9.36. The van der Waals surface area contributed by atoms with E-state index in [-0.39, 0.29) is 11.8 Å². The fraction of sp³-hybridized carbons (Fsp3) is 0.875. The Labute approximate surface area is 121 Å². The van der Waals surface area contributed by atoms with Crippen molar-refractivity contribution in [1.29, 1.82) is 0 Å². The minimum Gasteiger partial charge on any atom is -0.480 e. The van der Waals surface area contributed by atoms with Gasteiger partial charge in [0.1, 0.15) is 6.04 Å². The zero-order valence-corrected chi connectivity index (χ0v) is 12.7. The number of nitrogens with zero attached hydrogens (tertiary/aromatic N) is 1. The average Bonchev–Trinajstić information content (AvgIpc) is 2.46. The lowest BCUT2D eigenvalue weighted by Gasteiger charge is -2.39. The molecule has 0 aromatic carbocycles. The molecule has 0 bridgehead atoms. The molecule has 4 heteroatoms. The van der Waals surface area contributed by atoms with Gasteiger partial charge in [-0.05, 0) is 50.4 Å². The molecular weight excluding hydrogens is 254 g/mol. The standard InChI is InChI=1S/C16H27NO3/c1-3-12-4-6-13(7-5-12)15(18)17-9-8-11(2)10-14(17)16(19)20/h11-14H,3-10H2,1-2H3,(H,19,20). The molecule has 1 amide bonds. The van der Waals surface area contributed by atoms with Gasteiger partial charge in [-0.25, -0.2) is 4.79 Å². The summed E-state index contributed by atoms with van der Waals surface area (Å²) in [6.45, 7) is 4.90. The van der Waals surface area contributed by atoms with Crippen LogP contribution in [0, 0.1) is 17.8 Å². The number of likely N-dealkylation sites (tertiary alicyclic amines) is 1. The summed E-state index contributed by atoms with van der Waals surface area (Å²) in [7, 11) is 0. The maximum Gasteiger partial charge on any atom is 0.326 e. The number of carbonyl (C=O) groups excluding carboxylic acids is 1. The van der Waals surface area contributed by atoms with E-state index in [1.54, 1.807) is 4.90 Å². The van der Waals surface area contributed by atoms with Gasteiger partial charge in [0.15, 0.2) is 0 Å². The molecule has 2 fully saturated rings. The summed E-state index contributed by atoms with van der Waals surface area (Å²) in [6, 6.07) is -0.602. The number of hydrogen-bond acceptors (Lipinski definition) is 2. The Morgan fingerprint density at radius 3 is 2.35 bits per heavy atom. The van der Waals surface area contributed by atoms with Crippen LogP contribution in [0.25, 0.3) is 0 Å². The third kappa shape index (κ3) is 3.33. The minimum absolute atomic E-state index is 0.0630. The fourth-order valence-electron chi connectivity index (χ4n) is 3.69. The molecule has 4 nitrogen and oxygen atoms in total. The van der Waals surface area contributed by atoms with Gasteiger partial charge in [-0.2, -0.15) is 0 Å². The van der Waals surface area contributed by atoms with Crippen LogP contribution in [0.4, 0.5) is 0 Å². The highest BCUT2D eigenvalue weighted by molar-refractivity contribution is 5.85. The van der Waals surface area contributed by atoms with Gasteiger partial charge in [-0.1, -0.05) is 20.3 Å². The molecule has 2 aliphatic rings. The minimum atomic E-state index is -0.841. The third-order valence-electron chi connectivity index (χ3n) is 5.21. The van der Waals surface area contributed by atoms with Gasteiger partial charge in [0.25, 0.3) is 0 Å². The molecule has 1 aliphatic carbocycles. The number of hydrogen-bond donors (Lipinski definition) is 1. The highest BCUT2D eigenvalue weighted by Crippen LogP contribution is 2.33. The molecule has 1 saturated heterocycles. The van der Waals surface area contributed by atoms with Crippen molar-refractivity contribution in [2.24, 2.45) is 17.8 Å². The summed E-state index contributed by atoms with van der Waals surface area (Å²) < 4.78 is 0. The second-order valence-corrected chi connectivity index (χ2v) is 6.64. The molecule has 2 rings (SSSR count). The molecule has 0 aromatic heterocycles. The van der Waals surface area contributed by atoms with E-state index in [1.807, 2.05) is 0 Å². The van der Waals surface area contributed by atoms with Gasteiger partial charge in [0.2, 0.25) is 5.91 Å². The zero-order chi connectivity index (χ0) is 14.7. The first-order chi connectivity index (χ1) is 9.52. The van der Waals surface area contributed by atoms with E-state index < -0.39 is 12.0 Å². The molecule has 0 spiro atoms.